The molecule has 1 unspecified atom stereocenters. The molecule has 0 fully saturated rings. The van der Waals surface area contributed by atoms with Gasteiger partial charge in [-0.3, -0.25) is 4.68 Å². The molecule has 24 heavy (non-hydrogen) atoms. The van der Waals surface area contributed by atoms with Gasteiger partial charge in [-0.15, -0.1) is 0 Å². The molecule has 7 nitrogen and oxygen atoms in total. The molecule has 0 aliphatic carbocycles. The average Bonchev–Trinajstić information content (AvgIpc) is 2.85. The van der Waals surface area contributed by atoms with E-state index >= 15 is 0 Å². The van der Waals surface area contributed by atoms with Gasteiger partial charge in [0.05, 0.1) is 20.3 Å². The topological polar surface area (TPSA) is 79.1 Å². The summed E-state index contributed by atoms with van der Waals surface area (Å²) in [5.41, 5.74) is -0.136. The molecular formula is C12H11Cl2F3N4O3. The summed E-state index contributed by atoms with van der Waals surface area (Å²) in [5.74, 6) is -0.826. The van der Waals surface area contributed by atoms with Crippen molar-refractivity contribution in [1.29, 1.82) is 0 Å². The molecule has 0 radical (unpaired) electrons. The van der Waals surface area contributed by atoms with Gasteiger partial charge in [0.25, 0.3) is 0 Å². The Kier molecular flexibility index (Phi) is 5.51. The van der Waals surface area contributed by atoms with E-state index < -0.39 is 24.9 Å². The van der Waals surface area contributed by atoms with Crippen LogP contribution >= 0.6 is 23.2 Å². The molecule has 0 aromatic carbocycles. The second-order valence-electron chi connectivity index (χ2n) is 4.57. The molecule has 0 spiro atoms. The molecule has 0 bridgehead atoms. The third kappa shape index (κ3) is 3.70. The Hall–Kier alpha value is -1.65. The molecule has 0 amide bonds. The number of alkyl halides is 3. The van der Waals surface area contributed by atoms with Crippen molar-refractivity contribution >= 4 is 40.2 Å². The highest BCUT2D eigenvalue weighted by atomic mass is 35.5. The van der Waals surface area contributed by atoms with E-state index in [9.17, 15) is 18.0 Å². The minimum atomic E-state index is -3.95. The third-order valence-corrected chi connectivity index (χ3v) is 3.39. The largest absolute Gasteiger partial charge is 0.464 e. The van der Waals surface area contributed by atoms with E-state index in [1.54, 1.807) is 0 Å². The van der Waals surface area contributed by atoms with Crippen LogP contribution in [0.4, 0.5) is 13.2 Å². The molecule has 2 aromatic rings. The van der Waals surface area contributed by atoms with Crippen LogP contribution in [-0.2, 0) is 16.0 Å². The molecule has 0 aliphatic rings. The first-order valence-corrected chi connectivity index (χ1v) is 7.26. The zero-order valence-electron chi connectivity index (χ0n) is 12.4. The van der Waals surface area contributed by atoms with Crippen molar-refractivity contribution < 1.29 is 27.4 Å². The molecule has 0 saturated heterocycles. The van der Waals surface area contributed by atoms with Crippen molar-refractivity contribution in [2.75, 3.05) is 13.7 Å². The molecule has 2 heterocycles. The van der Waals surface area contributed by atoms with Gasteiger partial charge in [-0.25, -0.2) is 19.2 Å². The zero-order valence-corrected chi connectivity index (χ0v) is 13.9. The highest BCUT2D eigenvalue weighted by Gasteiger charge is 2.38. The van der Waals surface area contributed by atoms with Gasteiger partial charge in [0.2, 0.25) is 5.28 Å². The first-order chi connectivity index (χ1) is 11.2. The predicted molar refractivity (Wildman–Crippen MR) is 78.2 cm³/mol. The van der Waals surface area contributed by atoms with E-state index in [1.165, 1.54) is 0 Å². The Morgan fingerprint density at radius 3 is 2.62 bits per heavy atom. The Morgan fingerprint density at radius 1 is 1.38 bits per heavy atom. The van der Waals surface area contributed by atoms with E-state index in [0.717, 1.165) is 11.8 Å². The van der Waals surface area contributed by atoms with E-state index in [4.69, 9.17) is 23.2 Å². The summed E-state index contributed by atoms with van der Waals surface area (Å²) in [7, 11) is 1.13. The fourth-order valence-electron chi connectivity index (χ4n) is 1.79. The molecule has 0 aliphatic heterocycles. The number of ether oxygens (including phenoxy) is 2. The number of halogens is 5. The van der Waals surface area contributed by atoms with Crippen LogP contribution in [0.3, 0.4) is 0 Å². The van der Waals surface area contributed by atoms with Crippen molar-refractivity contribution in [3.63, 3.8) is 0 Å². The Balaban J connectivity index is 2.35. The van der Waals surface area contributed by atoms with Gasteiger partial charge in [-0.1, -0.05) is 11.6 Å². The number of fused-ring (bicyclic) bond motifs is 1. The number of esters is 1. The quantitative estimate of drug-likeness (QED) is 0.431. The summed E-state index contributed by atoms with van der Waals surface area (Å²) >= 11 is 11.6. The lowest BCUT2D eigenvalue weighted by molar-refractivity contribution is -0.270. The number of carbonyl (C=O) groups excluding carboxylic acids is 1. The summed E-state index contributed by atoms with van der Waals surface area (Å²) in [5, 5.41) is 3.53. The molecule has 132 valence electrons. The van der Waals surface area contributed by atoms with Crippen LogP contribution in [-0.4, -0.2) is 51.7 Å². The second-order valence-corrected chi connectivity index (χ2v) is 5.27. The standard InChI is InChI=1S/C12H11Cl2F3N4O3/c1-5(15)12(16,17)24-4-3-21-8-6(7(20-21)10(22)23-2)18-11(14)19-9(8)13/h5H,3-4H2,1-2H3. The van der Waals surface area contributed by atoms with Gasteiger partial charge in [0, 0.05) is 0 Å². The Morgan fingerprint density at radius 2 is 2.04 bits per heavy atom. The maximum absolute atomic E-state index is 13.1. The van der Waals surface area contributed by atoms with Crippen molar-refractivity contribution in [2.45, 2.75) is 25.7 Å². The van der Waals surface area contributed by atoms with Gasteiger partial charge in [0.15, 0.2) is 17.0 Å². The average molecular weight is 387 g/mol. The number of hydrogen-bond acceptors (Lipinski definition) is 6. The lowest BCUT2D eigenvalue weighted by Crippen LogP contribution is -2.32. The number of rotatable bonds is 6. The molecule has 0 N–H and O–H groups in total. The van der Waals surface area contributed by atoms with Gasteiger partial charge >= 0.3 is 12.1 Å². The van der Waals surface area contributed by atoms with Crippen LogP contribution in [0.1, 0.15) is 17.4 Å². The molecular weight excluding hydrogens is 376 g/mol. The maximum Gasteiger partial charge on any atom is 0.386 e. The summed E-state index contributed by atoms with van der Waals surface area (Å²) in [6, 6.07) is 0. The van der Waals surface area contributed by atoms with E-state index in [1.807, 2.05) is 0 Å². The molecule has 0 saturated carbocycles. The summed E-state index contributed by atoms with van der Waals surface area (Å²) < 4.78 is 48.8. The van der Waals surface area contributed by atoms with Crippen LogP contribution in [0.2, 0.25) is 10.4 Å². The highest BCUT2D eigenvalue weighted by molar-refractivity contribution is 6.35. The van der Waals surface area contributed by atoms with E-state index in [2.05, 4.69) is 24.5 Å². The molecule has 2 aromatic heterocycles. The first-order valence-electron chi connectivity index (χ1n) is 6.51. The smallest absolute Gasteiger partial charge is 0.386 e. The van der Waals surface area contributed by atoms with Gasteiger partial charge in [-0.05, 0) is 18.5 Å². The van der Waals surface area contributed by atoms with Crippen LogP contribution in [0.25, 0.3) is 11.0 Å². The zero-order chi connectivity index (χ0) is 18.1. The van der Waals surface area contributed by atoms with E-state index in [-0.39, 0.29) is 33.7 Å². The lowest BCUT2D eigenvalue weighted by Gasteiger charge is -2.17. The van der Waals surface area contributed by atoms with Crippen LogP contribution < -0.4 is 0 Å². The number of carbonyl (C=O) groups is 1. The third-order valence-electron chi connectivity index (χ3n) is 2.96. The van der Waals surface area contributed by atoms with Gasteiger partial charge in [-0.2, -0.15) is 13.9 Å². The Bertz CT molecular complexity index is 770. The van der Waals surface area contributed by atoms with Crippen molar-refractivity contribution in [1.82, 2.24) is 19.7 Å². The normalized spacial score (nSPS) is 13.3. The highest BCUT2D eigenvalue weighted by Crippen LogP contribution is 2.26. The predicted octanol–water partition coefficient (Wildman–Crippen LogP) is 2.89. The number of nitrogens with zero attached hydrogens (tertiary/aromatic N) is 4. The fraction of sp³-hybridized carbons (Fsp3) is 0.500. The number of aromatic nitrogens is 4. The summed E-state index contributed by atoms with van der Waals surface area (Å²) in [6.07, 6.45) is -6.43. The Labute approximate surface area is 143 Å². The van der Waals surface area contributed by atoms with Crippen LogP contribution in [0, 0.1) is 0 Å². The van der Waals surface area contributed by atoms with Crippen molar-refractivity contribution in [3.8, 4) is 0 Å². The summed E-state index contributed by atoms with van der Waals surface area (Å²) in [4.78, 5) is 19.3. The summed E-state index contributed by atoms with van der Waals surface area (Å²) in [6.45, 7) is -0.191. The SMILES string of the molecule is COC(=O)c1nn(CCOC(F)(F)C(C)F)c2c(Cl)nc(Cl)nc12. The molecule has 2 rings (SSSR count). The first kappa shape index (κ1) is 18.7. The van der Waals surface area contributed by atoms with Gasteiger partial charge in [0.1, 0.15) is 11.0 Å². The van der Waals surface area contributed by atoms with Crippen molar-refractivity contribution in [3.05, 3.63) is 16.1 Å². The minimum absolute atomic E-state index is 0.00234. The molecule has 1 atom stereocenters. The van der Waals surface area contributed by atoms with E-state index in [0.29, 0.717) is 6.92 Å². The minimum Gasteiger partial charge on any atom is -0.464 e. The lowest BCUT2D eigenvalue weighted by atomic mass is 10.3. The monoisotopic (exact) mass is 386 g/mol. The van der Waals surface area contributed by atoms with Crippen LogP contribution in [0.5, 0.6) is 0 Å². The second kappa shape index (κ2) is 7.08. The van der Waals surface area contributed by atoms with Crippen LogP contribution in [0.15, 0.2) is 0 Å². The van der Waals surface area contributed by atoms with Gasteiger partial charge < -0.3 is 9.47 Å². The maximum atomic E-state index is 13.1. The number of hydrogen-bond donors (Lipinski definition) is 0. The van der Waals surface area contributed by atoms with Crippen molar-refractivity contribution in [2.24, 2.45) is 0 Å². The number of methoxy groups -OCH3 is 1. The molecule has 12 heteroatoms. The fourth-order valence-corrected chi connectivity index (χ4v) is 2.27.